The number of allylic oxidation sites excluding steroid dienone is 4. The van der Waals surface area contributed by atoms with Gasteiger partial charge in [0.25, 0.3) is 0 Å². The predicted octanol–water partition coefficient (Wildman–Crippen LogP) is 2.59. The molecule has 0 saturated carbocycles. The van der Waals surface area contributed by atoms with Crippen LogP contribution in [0.3, 0.4) is 0 Å². The molecular formula is C10H13BrO2. The molecule has 0 radical (unpaired) electrons. The molecule has 0 spiro atoms. The van der Waals surface area contributed by atoms with E-state index in [0.717, 1.165) is 6.42 Å². The first-order chi connectivity index (χ1) is 6.16. The third kappa shape index (κ3) is 3.35. The number of hydrogen-bond donors (Lipinski definition) is 0. The minimum atomic E-state index is -0.228. The summed E-state index contributed by atoms with van der Waals surface area (Å²) in [5, 5.41) is 0. The minimum absolute atomic E-state index is 0.153. The van der Waals surface area contributed by atoms with Gasteiger partial charge in [0.2, 0.25) is 0 Å². The molecule has 1 aliphatic carbocycles. The monoisotopic (exact) mass is 244 g/mol. The fourth-order valence-electron chi connectivity index (χ4n) is 1.22. The molecule has 3 heteroatoms. The highest BCUT2D eigenvalue weighted by Gasteiger charge is 2.27. The van der Waals surface area contributed by atoms with Gasteiger partial charge in [-0.25, -0.2) is 0 Å². The maximum Gasteiger partial charge on any atom is 0.307 e. The normalized spacial score (nSPS) is 26.0. The molecular weight excluding hydrogens is 232 g/mol. The topological polar surface area (TPSA) is 26.3 Å². The smallest absolute Gasteiger partial charge is 0.307 e. The van der Waals surface area contributed by atoms with E-state index in [1.54, 1.807) is 0 Å². The zero-order valence-electron chi connectivity index (χ0n) is 7.63. The second kappa shape index (κ2) is 4.61. The van der Waals surface area contributed by atoms with Crippen LogP contribution in [0.25, 0.3) is 0 Å². The molecule has 0 fully saturated rings. The lowest BCUT2D eigenvalue weighted by Crippen LogP contribution is -2.24. The lowest BCUT2D eigenvalue weighted by Gasteiger charge is -2.22. The fourth-order valence-corrected chi connectivity index (χ4v) is 1.79. The fraction of sp³-hybridized carbons (Fsp3) is 0.500. The molecule has 0 bridgehead atoms. The number of hydrogen-bond acceptors (Lipinski definition) is 2. The van der Waals surface area contributed by atoms with Gasteiger partial charge in [-0.15, -0.1) is 0 Å². The van der Waals surface area contributed by atoms with Crippen LogP contribution < -0.4 is 0 Å². The number of halogens is 1. The number of alkyl halides is 1. The molecule has 0 aromatic heterocycles. The molecule has 0 saturated heterocycles. The zero-order chi connectivity index (χ0) is 9.73. The number of ether oxygens (including phenoxy) is 1. The molecule has 0 aromatic rings. The van der Waals surface area contributed by atoms with Crippen molar-refractivity contribution in [2.24, 2.45) is 0 Å². The van der Waals surface area contributed by atoms with Gasteiger partial charge in [-0.3, -0.25) is 4.79 Å². The standard InChI is InChI=1S/C10H13BrO2/c1-2-13-9(12)8-10(11)6-4-3-5-7-10/h3-6H,2,7-8H2,1H3. The first-order valence-corrected chi connectivity index (χ1v) is 5.14. The number of carbonyl (C=O) groups is 1. The molecule has 0 aliphatic heterocycles. The van der Waals surface area contributed by atoms with Gasteiger partial charge in [-0.2, -0.15) is 0 Å². The first-order valence-electron chi connectivity index (χ1n) is 4.35. The Labute approximate surface area is 86.8 Å². The predicted molar refractivity (Wildman–Crippen MR) is 55.8 cm³/mol. The molecule has 1 unspecified atom stereocenters. The van der Waals surface area contributed by atoms with Crippen LogP contribution in [-0.4, -0.2) is 16.9 Å². The average molecular weight is 245 g/mol. The quantitative estimate of drug-likeness (QED) is 0.564. The van der Waals surface area contributed by atoms with Crippen LogP contribution >= 0.6 is 15.9 Å². The van der Waals surface area contributed by atoms with Crippen molar-refractivity contribution < 1.29 is 9.53 Å². The second-order valence-electron chi connectivity index (χ2n) is 3.01. The van der Waals surface area contributed by atoms with Crippen molar-refractivity contribution in [1.82, 2.24) is 0 Å². The van der Waals surface area contributed by atoms with E-state index in [0.29, 0.717) is 13.0 Å². The summed E-state index contributed by atoms with van der Waals surface area (Å²) in [4.78, 5) is 11.2. The van der Waals surface area contributed by atoms with E-state index in [4.69, 9.17) is 4.74 Å². The van der Waals surface area contributed by atoms with Gasteiger partial charge in [0.15, 0.2) is 0 Å². The summed E-state index contributed by atoms with van der Waals surface area (Å²) >= 11 is 3.53. The van der Waals surface area contributed by atoms with Crippen LogP contribution in [0, 0.1) is 0 Å². The third-order valence-electron chi connectivity index (χ3n) is 1.84. The van der Waals surface area contributed by atoms with Gasteiger partial charge < -0.3 is 4.74 Å². The highest BCUT2D eigenvalue weighted by Crippen LogP contribution is 2.31. The summed E-state index contributed by atoms with van der Waals surface area (Å²) in [5.74, 6) is -0.153. The van der Waals surface area contributed by atoms with Crippen LogP contribution in [0.15, 0.2) is 24.3 Å². The van der Waals surface area contributed by atoms with Crippen LogP contribution in [0.1, 0.15) is 19.8 Å². The van der Waals surface area contributed by atoms with E-state index in [-0.39, 0.29) is 10.3 Å². The van der Waals surface area contributed by atoms with Gasteiger partial charge in [-0.1, -0.05) is 40.2 Å². The van der Waals surface area contributed by atoms with Crippen molar-refractivity contribution >= 4 is 21.9 Å². The highest BCUT2D eigenvalue weighted by molar-refractivity contribution is 9.10. The molecule has 13 heavy (non-hydrogen) atoms. The number of esters is 1. The molecule has 1 aliphatic rings. The zero-order valence-corrected chi connectivity index (χ0v) is 9.21. The Morgan fingerprint density at radius 3 is 2.92 bits per heavy atom. The van der Waals surface area contributed by atoms with Crippen LogP contribution in [0.5, 0.6) is 0 Å². The Kier molecular flexibility index (Phi) is 3.72. The van der Waals surface area contributed by atoms with Crippen LogP contribution in [0.2, 0.25) is 0 Å². The molecule has 0 N–H and O–H groups in total. The van der Waals surface area contributed by atoms with Crippen LogP contribution in [0.4, 0.5) is 0 Å². The molecule has 72 valence electrons. The largest absolute Gasteiger partial charge is 0.466 e. The summed E-state index contributed by atoms with van der Waals surface area (Å²) in [6.45, 7) is 2.26. The summed E-state index contributed by atoms with van der Waals surface area (Å²) in [7, 11) is 0. The van der Waals surface area contributed by atoms with E-state index in [2.05, 4.69) is 15.9 Å². The Hall–Kier alpha value is -0.570. The number of carbonyl (C=O) groups excluding carboxylic acids is 1. The van der Waals surface area contributed by atoms with E-state index >= 15 is 0 Å². The van der Waals surface area contributed by atoms with Crippen molar-refractivity contribution in [1.29, 1.82) is 0 Å². The number of rotatable bonds is 3. The SMILES string of the molecule is CCOC(=O)CC1(Br)C=CC=CC1. The molecule has 1 atom stereocenters. The summed E-state index contributed by atoms with van der Waals surface area (Å²) < 4.78 is 4.65. The van der Waals surface area contributed by atoms with Crippen molar-refractivity contribution in [3.8, 4) is 0 Å². The van der Waals surface area contributed by atoms with Crippen molar-refractivity contribution in [3.63, 3.8) is 0 Å². The lowest BCUT2D eigenvalue weighted by atomic mass is 9.97. The summed E-state index contributed by atoms with van der Waals surface area (Å²) in [5.41, 5.74) is 0. The van der Waals surface area contributed by atoms with Gasteiger partial charge in [0, 0.05) is 0 Å². The molecule has 0 heterocycles. The van der Waals surface area contributed by atoms with Crippen LogP contribution in [-0.2, 0) is 9.53 Å². The highest BCUT2D eigenvalue weighted by atomic mass is 79.9. The summed E-state index contributed by atoms with van der Waals surface area (Å²) in [6, 6.07) is 0. The molecule has 2 nitrogen and oxygen atoms in total. The average Bonchev–Trinajstić information content (AvgIpc) is 2.04. The summed E-state index contributed by atoms with van der Waals surface area (Å²) in [6.07, 6.45) is 9.17. The van der Waals surface area contributed by atoms with E-state index in [1.807, 2.05) is 31.2 Å². The van der Waals surface area contributed by atoms with Gasteiger partial charge in [0.1, 0.15) is 0 Å². The minimum Gasteiger partial charge on any atom is -0.466 e. The van der Waals surface area contributed by atoms with Crippen molar-refractivity contribution in [2.75, 3.05) is 6.61 Å². The second-order valence-corrected chi connectivity index (χ2v) is 4.59. The van der Waals surface area contributed by atoms with Gasteiger partial charge in [0.05, 0.1) is 17.4 Å². The first kappa shape index (κ1) is 10.5. The van der Waals surface area contributed by atoms with E-state index < -0.39 is 0 Å². The Bertz CT molecular complexity index is 245. The Balaban J connectivity index is 2.47. The van der Waals surface area contributed by atoms with Crippen molar-refractivity contribution in [2.45, 2.75) is 24.1 Å². The maximum atomic E-state index is 11.2. The maximum absolute atomic E-state index is 11.2. The third-order valence-corrected chi connectivity index (χ3v) is 2.71. The molecule has 0 aromatic carbocycles. The van der Waals surface area contributed by atoms with Gasteiger partial charge in [-0.05, 0) is 13.3 Å². The Morgan fingerprint density at radius 2 is 2.38 bits per heavy atom. The molecule has 0 amide bonds. The van der Waals surface area contributed by atoms with Crippen molar-refractivity contribution in [3.05, 3.63) is 24.3 Å². The Morgan fingerprint density at radius 1 is 1.62 bits per heavy atom. The van der Waals surface area contributed by atoms with E-state index in [1.165, 1.54) is 0 Å². The van der Waals surface area contributed by atoms with E-state index in [9.17, 15) is 4.79 Å². The molecule has 1 rings (SSSR count). The van der Waals surface area contributed by atoms with Gasteiger partial charge >= 0.3 is 5.97 Å². The lowest BCUT2D eigenvalue weighted by molar-refractivity contribution is -0.143.